The van der Waals surface area contributed by atoms with E-state index in [1.54, 1.807) is 23.5 Å². The van der Waals surface area contributed by atoms with Crippen LogP contribution in [0.5, 0.6) is 0 Å². The van der Waals surface area contributed by atoms with Crippen molar-refractivity contribution in [2.75, 3.05) is 5.32 Å². The maximum absolute atomic E-state index is 12.4. The van der Waals surface area contributed by atoms with Gasteiger partial charge in [-0.05, 0) is 42.8 Å². The van der Waals surface area contributed by atoms with Gasteiger partial charge in [0.1, 0.15) is 5.52 Å². The molecule has 0 aliphatic rings. The van der Waals surface area contributed by atoms with Gasteiger partial charge in [-0.1, -0.05) is 22.9 Å². The van der Waals surface area contributed by atoms with Gasteiger partial charge in [-0.2, -0.15) is 0 Å². The number of aryl methyl sites for hydroxylation is 1. The van der Waals surface area contributed by atoms with E-state index in [0.29, 0.717) is 15.7 Å². The van der Waals surface area contributed by atoms with Crippen LogP contribution in [-0.2, 0) is 0 Å². The molecule has 0 unspecified atom stereocenters. The Labute approximate surface area is 144 Å². The summed E-state index contributed by atoms with van der Waals surface area (Å²) >= 11 is 9.04. The van der Waals surface area contributed by atoms with Gasteiger partial charge < -0.3 is 0 Å². The molecule has 7 heteroatoms. The Kier molecular flexibility index (Phi) is 3.52. The average Bonchev–Trinajstić information content (AvgIpc) is 3.10. The lowest BCUT2D eigenvalue weighted by Gasteiger charge is -2.03. The molecule has 0 saturated carbocycles. The van der Waals surface area contributed by atoms with E-state index in [9.17, 15) is 4.79 Å². The van der Waals surface area contributed by atoms with Crippen LogP contribution in [0.3, 0.4) is 0 Å². The Hall–Kier alpha value is -2.02. The van der Waals surface area contributed by atoms with E-state index in [0.717, 1.165) is 26.0 Å². The van der Waals surface area contributed by atoms with E-state index >= 15 is 0 Å². The van der Waals surface area contributed by atoms with Gasteiger partial charge in [0.25, 0.3) is 5.91 Å². The van der Waals surface area contributed by atoms with E-state index < -0.39 is 0 Å². The smallest absolute Gasteiger partial charge is 0.257 e. The third-order valence-corrected chi connectivity index (χ3v) is 5.39. The molecule has 4 nitrogen and oxygen atoms in total. The number of carbonyl (C=O) groups excluding carboxylic acids is 1. The monoisotopic (exact) mass is 359 g/mol. The zero-order chi connectivity index (χ0) is 16.0. The molecule has 0 atom stereocenters. The number of nitrogens with zero attached hydrogens (tertiary/aromatic N) is 2. The first kappa shape index (κ1) is 14.6. The predicted octanol–water partition coefficient (Wildman–Crippen LogP) is 5.12. The molecule has 2 aromatic carbocycles. The second-order valence-corrected chi connectivity index (χ2v) is 7.43. The number of aromatic nitrogens is 2. The van der Waals surface area contributed by atoms with Crippen LogP contribution >= 0.6 is 34.3 Å². The highest BCUT2D eigenvalue weighted by Gasteiger charge is 2.13. The van der Waals surface area contributed by atoms with Crippen molar-refractivity contribution in [1.82, 2.24) is 9.97 Å². The van der Waals surface area contributed by atoms with Gasteiger partial charge in [0.2, 0.25) is 0 Å². The molecular weight excluding hydrogens is 350 g/mol. The van der Waals surface area contributed by atoms with Crippen molar-refractivity contribution in [2.24, 2.45) is 0 Å². The number of rotatable bonds is 2. The Morgan fingerprint density at radius 2 is 2.13 bits per heavy atom. The van der Waals surface area contributed by atoms with Crippen molar-refractivity contribution in [1.29, 1.82) is 0 Å². The number of halogens is 1. The molecule has 0 bridgehead atoms. The van der Waals surface area contributed by atoms with Crippen LogP contribution in [-0.4, -0.2) is 15.9 Å². The van der Waals surface area contributed by atoms with Crippen LogP contribution in [0, 0.1) is 6.92 Å². The largest absolute Gasteiger partial charge is 0.298 e. The molecule has 0 fully saturated rings. The minimum Gasteiger partial charge on any atom is -0.298 e. The summed E-state index contributed by atoms with van der Waals surface area (Å²) in [5.41, 5.74) is 5.05. The minimum atomic E-state index is -0.218. The molecule has 2 aromatic heterocycles. The summed E-state index contributed by atoms with van der Waals surface area (Å²) in [6.45, 7) is 1.90. The van der Waals surface area contributed by atoms with Gasteiger partial charge in [0, 0.05) is 10.6 Å². The fourth-order valence-electron chi connectivity index (χ4n) is 2.40. The Morgan fingerprint density at radius 3 is 2.96 bits per heavy atom. The Morgan fingerprint density at radius 1 is 1.26 bits per heavy atom. The Balaban J connectivity index is 1.70. The van der Waals surface area contributed by atoms with Gasteiger partial charge >= 0.3 is 0 Å². The van der Waals surface area contributed by atoms with Crippen LogP contribution in [0.1, 0.15) is 15.9 Å². The molecule has 0 aliphatic carbocycles. The summed E-state index contributed by atoms with van der Waals surface area (Å²) in [7, 11) is 0. The zero-order valence-electron chi connectivity index (χ0n) is 12.0. The van der Waals surface area contributed by atoms with Crippen molar-refractivity contribution in [3.8, 4) is 0 Å². The number of anilines is 1. The van der Waals surface area contributed by atoms with E-state index in [1.807, 2.05) is 30.6 Å². The second-order valence-electron chi connectivity index (χ2n) is 5.10. The number of fused-ring (bicyclic) bond motifs is 3. The Bertz CT molecular complexity index is 1030. The maximum atomic E-state index is 12.4. The summed E-state index contributed by atoms with van der Waals surface area (Å²) in [6.07, 6.45) is 0. The standard InChI is InChI=1S/C16H10ClN3OS2/c1-8-4-9(6-10(17)5-8)15(21)20-16-19-11-2-3-12-13(14(11)23-16)18-7-22-12/h2-7H,1H3,(H,19,20,21). The summed E-state index contributed by atoms with van der Waals surface area (Å²) in [6, 6.07) is 9.21. The van der Waals surface area contributed by atoms with Crippen LogP contribution in [0.25, 0.3) is 20.4 Å². The number of thiazole rings is 2. The topological polar surface area (TPSA) is 54.9 Å². The molecule has 1 N–H and O–H groups in total. The first-order valence-corrected chi connectivity index (χ1v) is 8.89. The zero-order valence-corrected chi connectivity index (χ0v) is 14.4. The van der Waals surface area contributed by atoms with E-state index in [-0.39, 0.29) is 5.91 Å². The number of hydrogen-bond donors (Lipinski definition) is 1. The summed E-state index contributed by atoms with van der Waals surface area (Å²) in [4.78, 5) is 21.2. The molecule has 23 heavy (non-hydrogen) atoms. The quantitative estimate of drug-likeness (QED) is 0.540. The third kappa shape index (κ3) is 2.69. The van der Waals surface area contributed by atoms with E-state index in [2.05, 4.69) is 15.3 Å². The van der Waals surface area contributed by atoms with Gasteiger partial charge in [0.15, 0.2) is 5.13 Å². The summed E-state index contributed by atoms with van der Waals surface area (Å²) in [5, 5.41) is 3.95. The molecule has 4 aromatic rings. The number of benzene rings is 2. The number of amides is 1. The highest BCUT2D eigenvalue weighted by atomic mass is 35.5. The van der Waals surface area contributed by atoms with E-state index in [1.165, 1.54) is 11.3 Å². The summed E-state index contributed by atoms with van der Waals surface area (Å²) in [5.74, 6) is -0.218. The van der Waals surface area contributed by atoms with Gasteiger partial charge in [-0.3, -0.25) is 10.1 Å². The fourth-order valence-corrected chi connectivity index (χ4v) is 4.40. The van der Waals surface area contributed by atoms with Crippen LogP contribution < -0.4 is 5.32 Å². The normalized spacial score (nSPS) is 11.2. The first-order chi connectivity index (χ1) is 11.1. The molecule has 114 valence electrons. The highest BCUT2D eigenvalue weighted by Crippen LogP contribution is 2.33. The van der Waals surface area contributed by atoms with Crippen LogP contribution in [0.4, 0.5) is 5.13 Å². The lowest BCUT2D eigenvalue weighted by atomic mass is 10.1. The maximum Gasteiger partial charge on any atom is 0.257 e. The summed E-state index contributed by atoms with van der Waals surface area (Å²) < 4.78 is 2.10. The van der Waals surface area contributed by atoms with E-state index in [4.69, 9.17) is 11.6 Å². The van der Waals surface area contributed by atoms with Crippen molar-refractivity contribution < 1.29 is 4.79 Å². The highest BCUT2D eigenvalue weighted by molar-refractivity contribution is 7.24. The third-order valence-electron chi connectivity index (χ3n) is 3.38. The van der Waals surface area contributed by atoms with Crippen molar-refractivity contribution in [3.63, 3.8) is 0 Å². The lowest BCUT2D eigenvalue weighted by Crippen LogP contribution is -2.11. The molecular formula is C16H10ClN3OS2. The predicted molar refractivity (Wildman–Crippen MR) is 96.9 cm³/mol. The van der Waals surface area contributed by atoms with Crippen molar-refractivity contribution in [2.45, 2.75) is 6.92 Å². The van der Waals surface area contributed by atoms with Gasteiger partial charge in [-0.25, -0.2) is 9.97 Å². The van der Waals surface area contributed by atoms with Gasteiger partial charge in [-0.15, -0.1) is 11.3 Å². The molecule has 0 spiro atoms. The molecule has 4 rings (SSSR count). The minimum absolute atomic E-state index is 0.218. The average molecular weight is 360 g/mol. The molecule has 2 heterocycles. The number of hydrogen-bond acceptors (Lipinski definition) is 5. The SMILES string of the molecule is Cc1cc(Cl)cc(C(=O)Nc2nc3ccc4scnc4c3s2)c1. The first-order valence-electron chi connectivity index (χ1n) is 6.81. The molecule has 1 amide bonds. The van der Waals surface area contributed by atoms with Crippen LogP contribution in [0.2, 0.25) is 5.02 Å². The number of carbonyl (C=O) groups is 1. The second kappa shape index (κ2) is 5.56. The van der Waals surface area contributed by atoms with Gasteiger partial charge in [0.05, 0.1) is 20.4 Å². The molecule has 0 radical (unpaired) electrons. The van der Waals surface area contributed by atoms with Crippen LogP contribution in [0.15, 0.2) is 35.8 Å². The lowest BCUT2D eigenvalue weighted by molar-refractivity contribution is 0.102. The molecule has 0 saturated heterocycles. The van der Waals surface area contributed by atoms with Crippen molar-refractivity contribution >= 4 is 65.7 Å². The fraction of sp³-hybridized carbons (Fsp3) is 0.0625. The van der Waals surface area contributed by atoms with Crippen molar-refractivity contribution in [3.05, 3.63) is 52.0 Å². The molecule has 0 aliphatic heterocycles. The number of nitrogens with one attached hydrogen (secondary N) is 1.